The van der Waals surface area contributed by atoms with Crippen molar-refractivity contribution >= 4 is 34.3 Å². The molecule has 1 aliphatic heterocycles. The van der Waals surface area contributed by atoms with Crippen molar-refractivity contribution in [1.29, 1.82) is 0 Å². The topological polar surface area (TPSA) is 78.0 Å². The van der Waals surface area contributed by atoms with Crippen LogP contribution in [0.1, 0.15) is 18.7 Å². The molecule has 0 aliphatic carbocycles. The molecule has 7 nitrogen and oxygen atoms in total. The zero-order valence-corrected chi connectivity index (χ0v) is 17.6. The Balaban J connectivity index is 1.90. The highest BCUT2D eigenvalue weighted by molar-refractivity contribution is 7.98. The smallest absolute Gasteiger partial charge is 0.295 e. The van der Waals surface area contributed by atoms with Crippen molar-refractivity contribution in [3.05, 3.63) is 60.3 Å². The average Bonchev–Trinajstić information content (AvgIpc) is 3.08. The van der Waals surface area contributed by atoms with Gasteiger partial charge in [0.05, 0.1) is 22.7 Å². The van der Waals surface area contributed by atoms with Gasteiger partial charge < -0.3 is 9.67 Å². The van der Waals surface area contributed by atoms with Crippen molar-refractivity contribution in [2.45, 2.75) is 18.2 Å². The van der Waals surface area contributed by atoms with Crippen LogP contribution in [0, 0.1) is 0 Å². The Bertz CT molecular complexity index is 1320. The molecule has 0 spiro atoms. The fourth-order valence-corrected chi connectivity index (χ4v) is 4.56. The van der Waals surface area contributed by atoms with E-state index in [0.29, 0.717) is 22.1 Å². The van der Waals surface area contributed by atoms with Gasteiger partial charge >= 0.3 is 0 Å². The molecule has 0 bridgehead atoms. The number of benzene rings is 2. The molecule has 1 aliphatic rings. The highest BCUT2D eigenvalue weighted by atomic mass is 32.2. The summed E-state index contributed by atoms with van der Waals surface area (Å²) in [6.07, 6.45) is 3.23. The minimum absolute atomic E-state index is 0.129. The van der Waals surface area contributed by atoms with Gasteiger partial charge in [-0.05, 0) is 24.5 Å². The van der Waals surface area contributed by atoms with Crippen LogP contribution in [-0.4, -0.2) is 26.8 Å². The highest BCUT2D eigenvalue weighted by Crippen LogP contribution is 2.42. The first-order valence-corrected chi connectivity index (χ1v) is 10.7. The molecule has 0 saturated carbocycles. The summed E-state index contributed by atoms with van der Waals surface area (Å²) in [5.41, 5.74) is 3.66. The van der Waals surface area contributed by atoms with Gasteiger partial charge in [0.15, 0.2) is 0 Å². The maximum absolute atomic E-state index is 13.0. The number of anilines is 1. The van der Waals surface area contributed by atoms with Crippen LogP contribution in [0.2, 0.25) is 0 Å². The maximum Gasteiger partial charge on any atom is 0.295 e. The van der Waals surface area contributed by atoms with Crippen LogP contribution in [0.4, 0.5) is 5.69 Å². The molecule has 1 amide bonds. The summed E-state index contributed by atoms with van der Waals surface area (Å²) in [7, 11) is 1.97. The summed E-state index contributed by atoms with van der Waals surface area (Å²) < 4.78 is 3.69. The lowest BCUT2D eigenvalue weighted by Gasteiger charge is -2.32. The number of hydrogen-bond acceptors (Lipinski definition) is 5. The fraction of sp³-hybridized carbons (Fsp3) is 0.182. The van der Waals surface area contributed by atoms with E-state index in [9.17, 15) is 9.90 Å². The normalized spacial score (nSPS) is 15.2. The Morgan fingerprint density at radius 3 is 2.67 bits per heavy atom. The summed E-state index contributed by atoms with van der Waals surface area (Å²) in [5.74, 6) is -0.481. The molecule has 0 saturated heterocycles. The van der Waals surface area contributed by atoms with E-state index < -0.39 is 6.17 Å². The summed E-state index contributed by atoms with van der Waals surface area (Å²) in [5, 5.41) is 19.1. The maximum atomic E-state index is 13.0. The summed E-state index contributed by atoms with van der Waals surface area (Å²) >= 11 is 1.30. The lowest BCUT2D eigenvalue weighted by molar-refractivity contribution is -0.764. The lowest BCUT2D eigenvalue weighted by atomic mass is 10.0. The third-order valence-corrected chi connectivity index (χ3v) is 5.98. The van der Waals surface area contributed by atoms with Crippen molar-refractivity contribution in [3.8, 4) is 17.1 Å². The third-order valence-electron chi connectivity index (χ3n) is 5.44. The van der Waals surface area contributed by atoms with Gasteiger partial charge in [-0.25, -0.2) is 9.88 Å². The van der Waals surface area contributed by atoms with Crippen molar-refractivity contribution in [2.75, 3.05) is 11.2 Å². The minimum Gasteiger partial charge on any atom is -0.854 e. The number of rotatable bonds is 2. The molecule has 3 heterocycles. The number of fused-ring (bicyclic) bond motifs is 4. The Hall–Kier alpha value is -3.39. The monoisotopic (exact) mass is 417 g/mol. The SMILES string of the molecule is CSc1nc([O-])c2[n+](n1)C(c1cn(C)c3ccccc13)N(C(C)=O)c1ccccc1-2. The van der Waals surface area contributed by atoms with Gasteiger partial charge in [-0.1, -0.05) is 46.8 Å². The van der Waals surface area contributed by atoms with Crippen LogP contribution in [0.5, 0.6) is 5.88 Å². The molecule has 2 aromatic heterocycles. The predicted molar refractivity (Wildman–Crippen MR) is 113 cm³/mol. The largest absolute Gasteiger partial charge is 0.854 e. The van der Waals surface area contributed by atoms with E-state index in [2.05, 4.69) is 10.1 Å². The zero-order valence-electron chi connectivity index (χ0n) is 16.7. The Morgan fingerprint density at radius 2 is 1.90 bits per heavy atom. The van der Waals surface area contributed by atoms with E-state index in [-0.39, 0.29) is 11.8 Å². The van der Waals surface area contributed by atoms with Gasteiger partial charge in [0.2, 0.25) is 5.91 Å². The van der Waals surface area contributed by atoms with Gasteiger partial charge in [-0.3, -0.25) is 4.79 Å². The third kappa shape index (κ3) is 2.60. The number of amides is 1. The first kappa shape index (κ1) is 18.6. The highest BCUT2D eigenvalue weighted by Gasteiger charge is 2.45. The zero-order chi connectivity index (χ0) is 21.0. The summed E-state index contributed by atoms with van der Waals surface area (Å²) in [6, 6.07) is 15.4. The number of hydrogen-bond donors (Lipinski definition) is 0. The average molecular weight is 417 g/mol. The minimum atomic E-state index is -0.597. The van der Waals surface area contributed by atoms with Gasteiger partial charge in [0.25, 0.3) is 17.0 Å². The Kier molecular flexibility index (Phi) is 4.25. The molecule has 4 aromatic rings. The van der Waals surface area contributed by atoms with Crippen molar-refractivity contribution in [1.82, 2.24) is 14.6 Å². The first-order valence-electron chi connectivity index (χ1n) is 9.49. The van der Waals surface area contributed by atoms with Crippen LogP contribution < -0.4 is 14.7 Å². The number of carbonyl (C=O) groups excluding carboxylic acids is 1. The van der Waals surface area contributed by atoms with Gasteiger partial charge in [-0.2, -0.15) is 0 Å². The lowest BCUT2D eigenvalue weighted by Crippen LogP contribution is -2.58. The van der Waals surface area contributed by atoms with Crippen molar-refractivity contribution in [3.63, 3.8) is 0 Å². The molecule has 0 radical (unpaired) electrons. The van der Waals surface area contributed by atoms with Crippen molar-refractivity contribution in [2.24, 2.45) is 7.05 Å². The molecular formula is C22H19N5O2S. The van der Waals surface area contributed by atoms with Crippen LogP contribution in [-0.2, 0) is 11.8 Å². The van der Waals surface area contributed by atoms with E-state index in [0.717, 1.165) is 16.5 Å². The quantitative estimate of drug-likeness (QED) is 0.370. The number of nitrogens with zero attached hydrogens (tertiary/aromatic N) is 5. The second-order valence-electron chi connectivity index (χ2n) is 7.19. The fourth-order valence-electron chi connectivity index (χ4n) is 4.22. The standard InChI is InChI=1S/C22H19N5O2S/c1-13(28)26-18-11-7-5-9-15(18)19-20(29)23-22(30-3)24-27(19)21(26)16-12-25(2)17-10-6-4-8-14(16)17/h4-12,21H,1-3H3. The molecule has 150 valence electrons. The number of carbonyl (C=O) groups is 1. The molecule has 30 heavy (non-hydrogen) atoms. The molecule has 8 heteroatoms. The van der Waals surface area contributed by atoms with E-state index >= 15 is 0 Å². The van der Waals surface area contributed by atoms with Crippen LogP contribution in [0.3, 0.4) is 0 Å². The van der Waals surface area contributed by atoms with Crippen molar-refractivity contribution < 1.29 is 14.6 Å². The summed E-state index contributed by atoms with van der Waals surface area (Å²) in [6.45, 7) is 1.54. The second-order valence-corrected chi connectivity index (χ2v) is 7.96. The predicted octanol–water partition coefficient (Wildman–Crippen LogP) is 2.63. The molecule has 5 rings (SSSR count). The Labute approximate surface area is 177 Å². The number of aryl methyl sites for hydroxylation is 1. The molecule has 2 aromatic carbocycles. The molecule has 0 fully saturated rings. The van der Waals surface area contributed by atoms with Crippen LogP contribution >= 0.6 is 11.8 Å². The second kappa shape index (κ2) is 6.84. The van der Waals surface area contributed by atoms with Gasteiger partial charge in [-0.15, -0.1) is 0 Å². The number of aromatic nitrogens is 4. The van der Waals surface area contributed by atoms with Gasteiger partial charge in [0.1, 0.15) is 0 Å². The molecular weight excluding hydrogens is 398 g/mol. The van der Waals surface area contributed by atoms with Gasteiger partial charge in [0, 0.05) is 36.2 Å². The Morgan fingerprint density at radius 1 is 1.17 bits per heavy atom. The van der Waals surface area contributed by atoms with E-state index in [1.54, 1.807) is 9.58 Å². The number of para-hydroxylation sites is 2. The number of thioether (sulfide) groups is 1. The first-order chi connectivity index (χ1) is 14.5. The molecule has 1 unspecified atom stereocenters. The van der Waals surface area contributed by atoms with Crippen LogP contribution in [0.25, 0.3) is 22.2 Å². The van der Waals surface area contributed by atoms with E-state index in [4.69, 9.17) is 0 Å². The summed E-state index contributed by atoms with van der Waals surface area (Å²) in [4.78, 5) is 18.8. The van der Waals surface area contributed by atoms with E-state index in [1.165, 1.54) is 18.7 Å². The molecule has 1 atom stereocenters. The molecule has 0 N–H and O–H groups in total. The van der Waals surface area contributed by atoms with Crippen LogP contribution in [0.15, 0.2) is 59.9 Å². The van der Waals surface area contributed by atoms with E-state index in [1.807, 2.05) is 72.6 Å².